The van der Waals surface area contributed by atoms with Gasteiger partial charge >= 0.3 is 6.09 Å². The Morgan fingerprint density at radius 2 is 2.00 bits per heavy atom. The number of primary amides is 1. The van der Waals surface area contributed by atoms with Crippen LogP contribution in [0, 0.1) is 17.7 Å². The van der Waals surface area contributed by atoms with E-state index in [1.165, 1.54) is 12.3 Å². The predicted octanol–water partition coefficient (Wildman–Crippen LogP) is 5.94. The van der Waals surface area contributed by atoms with Crippen LogP contribution in [0.3, 0.4) is 0 Å². The smallest absolute Gasteiger partial charge is 0.405 e. The second-order valence-corrected chi connectivity index (χ2v) is 11.6. The van der Waals surface area contributed by atoms with E-state index in [9.17, 15) is 9.59 Å². The molecule has 2 amide bonds. The average Bonchev–Trinajstić information content (AvgIpc) is 3.26. The molecule has 1 aliphatic heterocycles. The molecule has 2 aromatic heterocycles. The third-order valence-corrected chi connectivity index (χ3v) is 8.59. The van der Waals surface area contributed by atoms with Crippen LogP contribution in [0.25, 0.3) is 22.0 Å². The molecule has 3 heterocycles. The Kier molecular flexibility index (Phi) is 8.01. The van der Waals surface area contributed by atoms with Gasteiger partial charge in [0, 0.05) is 54.9 Å². The third-order valence-electron chi connectivity index (χ3n) is 8.29. The van der Waals surface area contributed by atoms with Gasteiger partial charge in [0.1, 0.15) is 16.9 Å². The van der Waals surface area contributed by atoms with Crippen molar-refractivity contribution >= 4 is 40.3 Å². The molecule has 3 aromatic rings. The van der Waals surface area contributed by atoms with Gasteiger partial charge in [0.15, 0.2) is 5.82 Å². The minimum atomic E-state index is -0.824. The number of nitrogens with two attached hydrogens (primary N) is 1. The topological polar surface area (TPSA) is 121 Å². The van der Waals surface area contributed by atoms with Crippen molar-refractivity contribution in [1.29, 1.82) is 0 Å². The van der Waals surface area contributed by atoms with Gasteiger partial charge in [0.2, 0.25) is 5.91 Å². The molecule has 1 saturated heterocycles. The van der Waals surface area contributed by atoms with Gasteiger partial charge in [-0.2, -0.15) is 5.10 Å². The number of carbonyl (C=O) groups excluding carboxylic acids is 2. The monoisotopic (exact) mass is 571 g/mol. The van der Waals surface area contributed by atoms with Crippen LogP contribution in [0.15, 0.2) is 24.4 Å². The number of aryl methyl sites for hydroxylation is 1. The molecule has 11 heteroatoms. The maximum Gasteiger partial charge on any atom is 0.405 e. The molecule has 2 fully saturated rings. The summed E-state index contributed by atoms with van der Waals surface area (Å²) in [5, 5.41) is 8.32. The Morgan fingerprint density at radius 3 is 2.70 bits per heavy atom. The lowest BCUT2D eigenvalue weighted by Gasteiger charge is -2.45. The number of aromatic nitrogens is 3. The first kappa shape index (κ1) is 28.3. The fourth-order valence-electron chi connectivity index (χ4n) is 6.53. The quantitative estimate of drug-likeness (QED) is 0.377. The van der Waals surface area contributed by atoms with Crippen LogP contribution in [-0.4, -0.2) is 45.6 Å². The van der Waals surface area contributed by atoms with E-state index in [0.717, 1.165) is 25.0 Å². The normalized spacial score (nSPS) is 22.0. The number of nitrogens with zero attached hydrogens (tertiary/aromatic N) is 3. The number of benzene rings is 1. The highest BCUT2D eigenvalue weighted by Gasteiger charge is 2.47. The molecule has 0 bridgehead atoms. The van der Waals surface area contributed by atoms with Crippen molar-refractivity contribution in [3.8, 4) is 11.1 Å². The summed E-state index contributed by atoms with van der Waals surface area (Å²) in [5.74, 6) is -0.546. The summed E-state index contributed by atoms with van der Waals surface area (Å²) in [4.78, 5) is 29.6. The van der Waals surface area contributed by atoms with E-state index in [1.54, 1.807) is 17.8 Å². The Labute approximate surface area is 237 Å². The number of hydrogen-bond donors (Lipinski definition) is 2. The zero-order chi connectivity index (χ0) is 28.6. The Bertz CT molecular complexity index is 1440. The van der Waals surface area contributed by atoms with Crippen molar-refractivity contribution in [2.75, 3.05) is 18.5 Å². The van der Waals surface area contributed by atoms with Crippen molar-refractivity contribution in [1.82, 2.24) is 14.8 Å². The van der Waals surface area contributed by atoms with E-state index in [1.807, 2.05) is 19.9 Å². The molecule has 1 aromatic carbocycles. The molecule has 1 saturated carbocycles. The SMILES string of the molecule is CC(C)c1c2cc(-c3cc(NC(=O)[C@H]4CCC[C@](OC(N)=O)(C5CCOCC5)C4)ncc3Cl)cc(F)c2nn1C. The Morgan fingerprint density at radius 1 is 1.25 bits per heavy atom. The minimum Gasteiger partial charge on any atom is -0.443 e. The Hall–Kier alpha value is -3.24. The third kappa shape index (κ3) is 5.51. The van der Waals surface area contributed by atoms with Crippen LogP contribution in [0.2, 0.25) is 5.02 Å². The molecule has 40 heavy (non-hydrogen) atoms. The lowest BCUT2D eigenvalue weighted by molar-refractivity contribution is -0.131. The van der Waals surface area contributed by atoms with Gasteiger partial charge < -0.3 is 20.5 Å². The fourth-order valence-corrected chi connectivity index (χ4v) is 6.75. The van der Waals surface area contributed by atoms with E-state index >= 15 is 4.39 Å². The highest BCUT2D eigenvalue weighted by molar-refractivity contribution is 6.33. The summed E-state index contributed by atoms with van der Waals surface area (Å²) >= 11 is 6.51. The first-order chi connectivity index (χ1) is 19.1. The lowest BCUT2D eigenvalue weighted by Crippen LogP contribution is -2.50. The molecular formula is C29H35ClFN5O4. The summed E-state index contributed by atoms with van der Waals surface area (Å²) < 4.78 is 28.1. The fraction of sp³-hybridized carbons (Fsp3) is 0.517. The van der Waals surface area contributed by atoms with Crippen molar-refractivity contribution in [3.63, 3.8) is 0 Å². The van der Waals surface area contributed by atoms with Crippen LogP contribution in [0.5, 0.6) is 0 Å². The molecule has 5 rings (SSSR count). The molecule has 2 atom stereocenters. The first-order valence-corrected chi connectivity index (χ1v) is 14.1. The van der Waals surface area contributed by atoms with Crippen LogP contribution >= 0.6 is 11.6 Å². The number of ether oxygens (including phenoxy) is 2. The molecular weight excluding hydrogens is 537 g/mol. The number of hydrogen-bond acceptors (Lipinski definition) is 6. The van der Waals surface area contributed by atoms with Gasteiger partial charge in [-0.15, -0.1) is 0 Å². The van der Waals surface area contributed by atoms with E-state index in [4.69, 9.17) is 26.8 Å². The highest BCUT2D eigenvalue weighted by atomic mass is 35.5. The largest absolute Gasteiger partial charge is 0.443 e. The van der Waals surface area contributed by atoms with E-state index < -0.39 is 23.4 Å². The van der Waals surface area contributed by atoms with Gasteiger partial charge in [-0.3, -0.25) is 9.48 Å². The van der Waals surface area contributed by atoms with Crippen LogP contribution in [0.4, 0.5) is 15.0 Å². The average molecular weight is 572 g/mol. The number of pyridine rings is 1. The van der Waals surface area contributed by atoms with Crippen LogP contribution < -0.4 is 11.1 Å². The molecule has 0 spiro atoms. The molecule has 3 N–H and O–H groups in total. The standard InChI is InChI=1S/C29H35ClFN5O4/c1-16(2)26-21-11-18(12-23(31)25(21)35-36(26)3)20-13-24(33-15-22(20)30)34-27(37)17-5-4-8-29(14-17,40-28(32)38)19-6-9-39-10-7-19/h11-13,15-17,19H,4-10,14H2,1-3H3,(H2,32,38)(H,33,34,37)/t17-,29+/m0/s1. The van der Waals surface area contributed by atoms with E-state index in [-0.39, 0.29) is 17.7 Å². The van der Waals surface area contributed by atoms with Gasteiger partial charge in [-0.1, -0.05) is 25.4 Å². The van der Waals surface area contributed by atoms with Crippen molar-refractivity contribution in [2.24, 2.45) is 24.6 Å². The molecule has 0 radical (unpaired) electrons. The van der Waals surface area contributed by atoms with Gasteiger partial charge in [0.05, 0.1) is 5.02 Å². The number of carbonyl (C=O) groups is 2. The van der Waals surface area contributed by atoms with Crippen molar-refractivity contribution in [2.45, 2.75) is 63.9 Å². The van der Waals surface area contributed by atoms with Gasteiger partial charge in [-0.05, 0) is 68.2 Å². The minimum absolute atomic E-state index is 0.0811. The van der Waals surface area contributed by atoms with Gasteiger partial charge in [0.25, 0.3) is 0 Å². The maximum atomic E-state index is 15.1. The number of halogens is 2. The highest BCUT2D eigenvalue weighted by Crippen LogP contribution is 2.45. The summed E-state index contributed by atoms with van der Waals surface area (Å²) in [6, 6.07) is 4.93. The summed E-state index contributed by atoms with van der Waals surface area (Å²) in [7, 11) is 1.80. The first-order valence-electron chi connectivity index (χ1n) is 13.8. The van der Waals surface area contributed by atoms with E-state index in [2.05, 4.69) is 15.4 Å². The zero-order valence-electron chi connectivity index (χ0n) is 23.0. The Balaban J connectivity index is 1.40. The summed E-state index contributed by atoms with van der Waals surface area (Å²) in [6.45, 7) is 5.25. The second-order valence-electron chi connectivity index (χ2n) is 11.2. The molecule has 214 valence electrons. The lowest BCUT2D eigenvalue weighted by atomic mass is 9.68. The zero-order valence-corrected chi connectivity index (χ0v) is 23.8. The van der Waals surface area contributed by atoms with Crippen LogP contribution in [0.1, 0.15) is 64.0 Å². The maximum absolute atomic E-state index is 15.1. The summed E-state index contributed by atoms with van der Waals surface area (Å²) in [5.41, 5.74) is 7.01. The van der Waals surface area contributed by atoms with E-state index in [0.29, 0.717) is 65.3 Å². The molecule has 2 aliphatic rings. The summed E-state index contributed by atoms with van der Waals surface area (Å²) in [6.07, 6.45) is 4.55. The number of nitrogens with one attached hydrogen (secondary N) is 1. The molecule has 1 aliphatic carbocycles. The van der Waals surface area contributed by atoms with Crippen LogP contribution in [-0.2, 0) is 21.3 Å². The predicted molar refractivity (Wildman–Crippen MR) is 151 cm³/mol. The number of amides is 2. The molecule has 0 unspecified atom stereocenters. The molecule has 9 nitrogen and oxygen atoms in total. The number of anilines is 1. The van der Waals surface area contributed by atoms with Gasteiger partial charge in [-0.25, -0.2) is 14.2 Å². The second kappa shape index (κ2) is 11.3. The number of rotatable bonds is 6. The van der Waals surface area contributed by atoms with Crippen molar-refractivity contribution < 1.29 is 23.5 Å². The van der Waals surface area contributed by atoms with Crippen molar-refractivity contribution in [3.05, 3.63) is 40.9 Å². The number of fused-ring (bicyclic) bond motifs is 1.